The minimum atomic E-state index is -0.466. The quantitative estimate of drug-likeness (QED) is 0.676. The van der Waals surface area contributed by atoms with Gasteiger partial charge in [0.25, 0.3) is 0 Å². The van der Waals surface area contributed by atoms with E-state index in [1.165, 1.54) is 0 Å². The molecule has 4 nitrogen and oxygen atoms in total. The van der Waals surface area contributed by atoms with Crippen LogP contribution in [0.1, 0.15) is 39.0 Å². The summed E-state index contributed by atoms with van der Waals surface area (Å²) in [4.78, 5) is 11.2. The molecule has 1 amide bonds. The fraction of sp³-hybridized carbons (Fsp3) is 0.900. The van der Waals surface area contributed by atoms with Gasteiger partial charge in [-0.25, -0.2) is 4.79 Å². The van der Waals surface area contributed by atoms with Gasteiger partial charge < -0.3 is 15.2 Å². The second kappa shape index (κ2) is 5.86. The Morgan fingerprint density at radius 1 is 1.57 bits per heavy atom. The molecular formula is C10H19NO3. The number of amides is 1. The van der Waals surface area contributed by atoms with E-state index < -0.39 is 12.2 Å². The minimum Gasteiger partial charge on any atom is -0.443 e. The number of aliphatic hydroxyl groups excluding tert-OH is 1. The number of aliphatic hydroxyl groups is 1. The van der Waals surface area contributed by atoms with E-state index in [4.69, 9.17) is 4.74 Å². The molecule has 0 bridgehead atoms. The predicted octanol–water partition coefficient (Wildman–Crippen LogP) is 1.43. The van der Waals surface area contributed by atoms with Gasteiger partial charge in [-0.3, -0.25) is 0 Å². The lowest BCUT2D eigenvalue weighted by Crippen LogP contribution is -2.33. The van der Waals surface area contributed by atoms with Crippen LogP contribution in [0.25, 0.3) is 0 Å². The molecule has 4 heteroatoms. The van der Waals surface area contributed by atoms with Gasteiger partial charge in [0, 0.05) is 6.54 Å². The van der Waals surface area contributed by atoms with Gasteiger partial charge in [0.1, 0.15) is 6.10 Å². The lowest BCUT2D eigenvalue weighted by molar-refractivity contribution is 0.0224. The van der Waals surface area contributed by atoms with E-state index in [0.29, 0.717) is 6.54 Å². The van der Waals surface area contributed by atoms with Crippen molar-refractivity contribution in [3.05, 3.63) is 0 Å². The van der Waals surface area contributed by atoms with Crippen molar-refractivity contribution in [2.45, 2.75) is 51.2 Å². The molecule has 1 aliphatic rings. The third kappa shape index (κ3) is 3.54. The number of rotatable bonds is 4. The maximum atomic E-state index is 11.2. The zero-order valence-corrected chi connectivity index (χ0v) is 8.66. The van der Waals surface area contributed by atoms with Crippen molar-refractivity contribution < 1.29 is 14.6 Å². The molecule has 82 valence electrons. The van der Waals surface area contributed by atoms with Crippen molar-refractivity contribution in [1.82, 2.24) is 5.32 Å². The molecule has 0 heterocycles. The molecule has 0 spiro atoms. The molecular weight excluding hydrogens is 182 g/mol. The third-order valence-electron chi connectivity index (χ3n) is 2.48. The summed E-state index contributed by atoms with van der Waals surface area (Å²) in [5.41, 5.74) is 0. The highest BCUT2D eigenvalue weighted by atomic mass is 16.6. The summed E-state index contributed by atoms with van der Waals surface area (Å²) in [7, 11) is 0. The van der Waals surface area contributed by atoms with E-state index in [1.54, 1.807) is 0 Å². The summed E-state index contributed by atoms with van der Waals surface area (Å²) >= 11 is 0. The summed E-state index contributed by atoms with van der Waals surface area (Å²) in [6.45, 7) is 2.71. The molecule has 0 radical (unpaired) electrons. The van der Waals surface area contributed by atoms with Gasteiger partial charge >= 0.3 is 6.09 Å². The number of hydrogen-bond acceptors (Lipinski definition) is 3. The van der Waals surface area contributed by atoms with Crippen molar-refractivity contribution in [2.75, 3.05) is 6.54 Å². The van der Waals surface area contributed by atoms with Gasteiger partial charge in [0.2, 0.25) is 0 Å². The lowest BCUT2D eigenvalue weighted by Gasteiger charge is -2.15. The Kier molecular flexibility index (Phi) is 4.73. The Bertz CT molecular complexity index is 184. The Labute approximate surface area is 84.6 Å². The van der Waals surface area contributed by atoms with Crippen LogP contribution >= 0.6 is 0 Å². The normalized spacial score (nSPS) is 26.1. The SMILES string of the molecule is CCCCNC(=O)OC1CCCC1O. The van der Waals surface area contributed by atoms with Gasteiger partial charge in [0.05, 0.1) is 6.10 Å². The topological polar surface area (TPSA) is 58.6 Å². The molecule has 1 fully saturated rings. The largest absolute Gasteiger partial charge is 0.443 e. The van der Waals surface area contributed by atoms with Crippen molar-refractivity contribution in [3.63, 3.8) is 0 Å². The minimum absolute atomic E-state index is 0.295. The fourth-order valence-corrected chi connectivity index (χ4v) is 1.59. The highest BCUT2D eigenvalue weighted by Gasteiger charge is 2.28. The van der Waals surface area contributed by atoms with Crippen LogP contribution in [0.4, 0.5) is 4.79 Å². The highest BCUT2D eigenvalue weighted by molar-refractivity contribution is 5.67. The van der Waals surface area contributed by atoms with Crippen molar-refractivity contribution >= 4 is 6.09 Å². The first kappa shape index (κ1) is 11.3. The maximum Gasteiger partial charge on any atom is 0.407 e. The molecule has 2 N–H and O–H groups in total. The van der Waals surface area contributed by atoms with Gasteiger partial charge in [-0.1, -0.05) is 13.3 Å². The van der Waals surface area contributed by atoms with E-state index in [1.807, 2.05) is 0 Å². The number of nitrogens with one attached hydrogen (secondary N) is 1. The number of unbranched alkanes of at least 4 members (excludes halogenated alkanes) is 1. The molecule has 1 rings (SSSR count). The zero-order valence-electron chi connectivity index (χ0n) is 8.66. The third-order valence-corrected chi connectivity index (χ3v) is 2.48. The molecule has 0 aromatic heterocycles. The molecule has 0 aromatic rings. The van der Waals surface area contributed by atoms with Crippen molar-refractivity contribution in [2.24, 2.45) is 0 Å². The first-order chi connectivity index (χ1) is 6.74. The first-order valence-electron chi connectivity index (χ1n) is 5.36. The Hall–Kier alpha value is -0.770. The lowest BCUT2D eigenvalue weighted by atomic mass is 10.3. The van der Waals surface area contributed by atoms with Crippen LogP contribution in [0.5, 0.6) is 0 Å². The molecule has 0 aromatic carbocycles. The maximum absolute atomic E-state index is 11.2. The van der Waals surface area contributed by atoms with E-state index in [9.17, 15) is 9.90 Å². The van der Waals surface area contributed by atoms with E-state index >= 15 is 0 Å². The van der Waals surface area contributed by atoms with Crippen LogP contribution < -0.4 is 5.32 Å². The molecule has 0 aliphatic heterocycles. The monoisotopic (exact) mass is 201 g/mol. The average molecular weight is 201 g/mol. The Morgan fingerprint density at radius 2 is 2.36 bits per heavy atom. The number of ether oxygens (including phenoxy) is 1. The van der Waals surface area contributed by atoms with Crippen LogP contribution in [0.15, 0.2) is 0 Å². The molecule has 2 atom stereocenters. The fourth-order valence-electron chi connectivity index (χ4n) is 1.59. The summed E-state index contributed by atoms with van der Waals surface area (Å²) in [6, 6.07) is 0. The molecule has 14 heavy (non-hydrogen) atoms. The van der Waals surface area contributed by atoms with E-state index in [2.05, 4.69) is 12.2 Å². The summed E-state index contributed by atoms with van der Waals surface area (Å²) in [5.74, 6) is 0. The number of carbonyl (C=O) groups excluding carboxylic acids is 1. The zero-order chi connectivity index (χ0) is 10.4. The standard InChI is InChI=1S/C10H19NO3/c1-2-3-7-11-10(13)14-9-6-4-5-8(9)12/h8-9,12H,2-7H2,1H3,(H,11,13). The van der Waals surface area contributed by atoms with Gasteiger partial charge in [0.15, 0.2) is 0 Å². The van der Waals surface area contributed by atoms with Gasteiger partial charge in [-0.05, 0) is 25.7 Å². The van der Waals surface area contributed by atoms with Crippen LogP contribution in [0.2, 0.25) is 0 Å². The highest BCUT2D eigenvalue weighted by Crippen LogP contribution is 2.21. The molecule has 1 aliphatic carbocycles. The van der Waals surface area contributed by atoms with Gasteiger partial charge in [-0.15, -0.1) is 0 Å². The Morgan fingerprint density at radius 3 is 2.93 bits per heavy atom. The summed E-state index contributed by atoms with van der Waals surface area (Å²) < 4.78 is 5.07. The van der Waals surface area contributed by atoms with E-state index in [0.717, 1.165) is 32.1 Å². The average Bonchev–Trinajstić information content (AvgIpc) is 2.52. The van der Waals surface area contributed by atoms with Crippen molar-refractivity contribution in [3.8, 4) is 0 Å². The molecule has 2 unspecified atom stereocenters. The van der Waals surface area contributed by atoms with Crippen LogP contribution in [0.3, 0.4) is 0 Å². The Balaban J connectivity index is 2.13. The smallest absolute Gasteiger partial charge is 0.407 e. The molecule has 1 saturated carbocycles. The molecule has 0 saturated heterocycles. The van der Waals surface area contributed by atoms with Crippen LogP contribution in [-0.4, -0.2) is 30.0 Å². The number of carbonyl (C=O) groups is 1. The van der Waals surface area contributed by atoms with Crippen molar-refractivity contribution in [1.29, 1.82) is 0 Å². The second-order valence-corrected chi connectivity index (χ2v) is 3.72. The first-order valence-corrected chi connectivity index (χ1v) is 5.36. The number of alkyl carbamates (subject to hydrolysis) is 1. The van der Waals surface area contributed by atoms with E-state index in [-0.39, 0.29) is 6.10 Å². The summed E-state index contributed by atoms with van der Waals surface area (Å²) in [6.07, 6.45) is 3.31. The predicted molar refractivity (Wildman–Crippen MR) is 53.0 cm³/mol. The van der Waals surface area contributed by atoms with Crippen LogP contribution in [-0.2, 0) is 4.74 Å². The number of hydrogen-bond donors (Lipinski definition) is 2. The summed E-state index contributed by atoms with van der Waals surface area (Å²) in [5, 5.41) is 12.1. The van der Waals surface area contributed by atoms with Gasteiger partial charge in [-0.2, -0.15) is 0 Å². The second-order valence-electron chi connectivity index (χ2n) is 3.72. The van der Waals surface area contributed by atoms with Crippen LogP contribution in [0, 0.1) is 0 Å².